The maximum Gasteiger partial charge on any atom is 0.306 e. The molecule has 3 saturated carbocycles. The molecule has 0 aromatic heterocycles. The third-order valence-corrected chi connectivity index (χ3v) is 11.9. The number of aliphatic hydroxyl groups is 1. The minimum atomic E-state index is -0.179. The van der Waals surface area contributed by atoms with Gasteiger partial charge in [0.25, 0.3) is 0 Å². The molecule has 0 heterocycles. The molecule has 4 nitrogen and oxygen atoms in total. The predicted molar refractivity (Wildman–Crippen MR) is 167 cm³/mol. The van der Waals surface area contributed by atoms with Gasteiger partial charge in [-0.05, 0) is 106 Å². The second-order valence-electron chi connectivity index (χ2n) is 14.6. The summed E-state index contributed by atoms with van der Waals surface area (Å²) in [5.74, 6) is 2.39. The van der Waals surface area contributed by atoms with Crippen molar-refractivity contribution < 1.29 is 19.4 Å². The van der Waals surface area contributed by atoms with Crippen molar-refractivity contribution in [1.82, 2.24) is 0 Å². The number of carbonyl (C=O) groups excluding carboxylic acids is 2. The van der Waals surface area contributed by atoms with Crippen LogP contribution < -0.4 is 0 Å². The Kier molecular flexibility index (Phi) is 12.2. The van der Waals surface area contributed by atoms with Crippen molar-refractivity contribution in [3.05, 3.63) is 23.8 Å². The number of rotatable bonds is 16. The van der Waals surface area contributed by atoms with E-state index in [9.17, 15) is 14.7 Å². The summed E-state index contributed by atoms with van der Waals surface area (Å²) in [5, 5.41) is 10.1. The summed E-state index contributed by atoms with van der Waals surface area (Å²) >= 11 is 0. The van der Waals surface area contributed by atoms with E-state index in [0.29, 0.717) is 36.4 Å². The number of aliphatic hydroxyl groups excluding tert-OH is 1. The van der Waals surface area contributed by atoms with Crippen molar-refractivity contribution in [1.29, 1.82) is 0 Å². The van der Waals surface area contributed by atoms with Gasteiger partial charge in [-0.3, -0.25) is 9.59 Å². The molecule has 0 aliphatic heterocycles. The Bertz CT molecular complexity index is 920. The van der Waals surface area contributed by atoms with Crippen LogP contribution in [0.15, 0.2) is 23.8 Å². The molecule has 0 radical (unpaired) electrons. The molecule has 41 heavy (non-hydrogen) atoms. The van der Waals surface area contributed by atoms with Gasteiger partial charge in [-0.1, -0.05) is 83.4 Å². The second kappa shape index (κ2) is 15.3. The highest BCUT2D eigenvalue weighted by atomic mass is 16.5. The first kappa shape index (κ1) is 32.5. The van der Waals surface area contributed by atoms with Crippen molar-refractivity contribution in [2.24, 2.45) is 28.6 Å². The summed E-state index contributed by atoms with van der Waals surface area (Å²) in [5.41, 5.74) is 1.76. The number of ether oxygens (including phenoxy) is 1. The minimum absolute atomic E-state index is 0.0156. The number of hydrogen-bond acceptors (Lipinski definition) is 4. The van der Waals surface area contributed by atoms with E-state index in [1.165, 1.54) is 63.4 Å². The number of esters is 1. The highest BCUT2D eigenvalue weighted by Gasteiger charge is 2.59. The first-order valence-electron chi connectivity index (χ1n) is 17.5. The number of carbonyl (C=O) groups is 2. The molecule has 0 aromatic rings. The lowest BCUT2D eigenvalue weighted by Gasteiger charge is -2.57. The number of hydrogen-bond donors (Lipinski definition) is 1. The molecule has 3 fully saturated rings. The fourth-order valence-corrected chi connectivity index (χ4v) is 9.28. The molecule has 0 saturated heterocycles. The molecule has 4 aliphatic rings. The van der Waals surface area contributed by atoms with Crippen LogP contribution in [0.5, 0.6) is 0 Å². The highest BCUT2D eigenvalue weighted by Crippen LogP contribution is 2.65. The van der Waals surface area contributed by atoms with Gasteiger partial charge >= 0.3 is 5.97 Å². The molecule has 4 heteroatoms. The fraction of sp³-hybridized carbons (Fsp3) is 0.838. The average Bonchev–Trinajstić information content (AvgIpc) is 3.28. The van der Waals surface area contributed by atoms with Gasteiger partial charge < -0.3 is 9.84 Å². The van der Waals surface area contributed by atoms with E-state index in [1.807, 2.05) is 6.08 Å². The summed E-state index contributed by atoms with van der Waals surface area (Å²) in [7, 11) is 0. The van der Waals surface area contributed by atoms with Crippen LogP contribution in [0.25, 0.3) is 0 Å². The van der Waals surface area contributed by atoms with Gasteiger partial charge in [0.05, 0.1) is 6.10 Å². The van der Waals surface area contributed by atoms with Crippen LogP contribution in [0.2, 0.25) is 0 Å². The minimum Gasteiger partial charge on any atom is -0.462 e. The van der Waals surface area contributed by atoms with Crippen LogP contribution in [-0.2, 0) is 14.3 Å². The Morgan fingerprint density at radius 1 is 0.951 bits per heavy atom. The third-order valence-electron chi connectivity index (χ3n) is 11.9. The van der Waals surface area contributed by atoms with Crippen molar-refractivity contribution in [2.75, 3.05) is 0 Å². The van der Waals surface area contributed by atoms with Crippen LogP contribution >= 0.6 is 0 Å². The van der Waals surface area contributed by atoms with Gasteiger partial charge in [0.2, 0.25) is 0 Å². The fourth-order valence-electron chi connectivity index (χ4n) is 9.28. The van der Waals surface area contributed by atoms with E-state index in [1.54, 1.807) is 0 Å². The molecule has 0 unspecified atom stereocenters. The lowest BCUT2D eigenvalue weighted by molar-refractivity contribution is -0.160. The lowest BCUT2D eigenvalue weighted by atomic mass is 9.47. The SMILES string of the molecule is CCCCCC[C@@H](O)C/C=C\CCCCCCCC(=O)O[C@H]1CC[C@H]2[C@@H]3CCC4=CC(=O)CC[C@]4(C)[C@H]3CC[C@]12C. The normalized spacial score (nSPS) is 33.7. The maximum atomic E-state index is 12.8. The molecule has 4 rings (SSSR count). The van der Waals surface area contributed by atoms with E-state index < -0.39 is 0 Å². The molecule has 0 bridgehead atoms. The lowest BCUT2D eigenvalue weighted by Crippen LogP contribution is -2.51. The van der Waals surface area contributed by atoms with E-state index >= 15 is 0 Å². The number of fused-ring (bicyclic) bond motifs is 5. The number of allylic oxidation sites excluding steroid dienone is 2. The summed E-state index contributed by atoms with van der Waals surface area (Å²) in [4.78, 5) is 24.9. The molecule has 0 amide bonds. The zero-order valence-corrected chi connectivity index (χ0v) is 26.6. The summed E-state index contributed by atoms with van der Waals surface area (Å²) < 4.78 is 6.21. The molecule has 232 valence electrons. The molecular formula is C37H60O4. The van der Waals surface area contributed by atoms with E-state index in [4.69, 9.17) is 4.74 Å². The third kappa shape index (κ3) is 8.15. The van der Waals surface area contributed by atoms with Crippen LogP contribution in [0.1, 0.15) is 156 Å². The zero-order valence-electron chi connectivity index (χ0n) is 26.6. The smallest absolute Gasteiger partial charge is 0.306 e. The second-order valence-corrected chi connectivity index (χ2v) is 14.6. The van der Waals surface area contributed by atoms with E-state index in [2.05, 4.69) is 32.9 Å². The van der Waals surface area contributed by atoms with Crippen molar-refractivity contribution in [2.45, 2.75) is 168 Å². The van der Waals surface area contributed by atoms with E-state index in [-0.39, 0.29) is 29.0 Å². The Balaban J connectivity index is 1.09. The first-order chi connectivity index (χ1) is 19.8. The topological polar surface area (TPSA) is 63.6 Å². The quantitative estimate of drug-likeness (QED) is 0.114. The Morgan fingerprint density at radius 2 is 1.73 bits per heavy atom. The molecule has 4 aliphatic carbocycles. The van der Waals surface area contributed by atoms with Crippen LogP contribution in [-0.4, -0.2) is 29.1 Å². The van der Waals surface area contributed by atoms with Gasteiger partial charge in [-0.15, -0.1) is 0 Å². The molecule has 0 spiro atoms. The summed E-state index contributed by atoms with van der Waals surface area (Å²) in [6, 6.07) is 0. The average molecular weight is 569 g/mol. The van der Waals surface area contributed by atoms with Gasteiger partial charge in [0.15, 0.2) is 5.78 Å². The Hall–Kier alpha value is -1.42. The van der Waals surface area contributed by atoms with Crippen LogP contribution in [0.3, 0.4) is 0 Å². The standard InChI is InChI=1S/C37H60O4/c1-4-5-6-13-16-29(38)17-14-11-9-7-8-10-12-15-18-35(40)41-34-22-21-32-31-20-19-28-27-30(39)23-25-36(28,2)33(31)24-26-37(32,34)3/h11,14,27,29,31-34,38H,4-10,12-13,15-26H2,1-3H3/b14-11-/t29-,31+,32+,33+,34+,36+,37+/m1/s1. The molecule has 0 aromatic carbocycles. The summed E-state index contributed by atoms with van der Waals surface area (Å²) in [6.45, 7) is 7.07. The van der Waals surface area contributed by atoms with Crippen molar-refractivity contribution in [3.63, 3.8) is 0 Å². The zero-order chi connectivity index (χ0) is 29.3. The van der Waals surface area contributed by atoms with Crippen LogP contribution in [0, 0.1) is 28.6 Å². The first-order valence-corrected chi connectivity index (χ1v) is 17.5. The Morgan fingerprint density at radius 3 is 2.56 bits per heavy atom. The molecule has 7 atom stereocenters. The summed E-state index contributed by atoms with van der Waals surface area (Å²) in [6.07, 6.45) is 28.7. The molecular weight excluding hydrogens is 508 g/mol. The van der Waals surface area contributed by atoms with Crippen LogP contribution in [0.4, 0.5) is 0 Å². The monoisotopic (exact) mass is 568 g/mol. The van der Waals surface area contributed by atoms with Gasteiger partial charge in [-0.2, -0.15) is 0 Å². The van der Waals surface area contributed by atoms with Crippen molar-refractivity contribution in [3.8, 4) is 0 Å². The Labute approximate surface area is 251 Å². The van der Waals surface area contributed by atoms with Gasteiger partial charge in [0.1, 0.15) is 6.10 Å². The van der Waals surface area contributed by atoms with Crippen molar-refractivity contribution >= 4 is 11.8 Å². The maximum absolute atomic E-state index is 12.8. The number of unbranched alkanes of at least 4 members (excludes halogenated alkanes) is 8. The largest absolute Gasteiger partial charge is 0.462 e. The highest BCUT2D eigenvalue weighted by molar-refractivity contribution is 5.91. The van der Waals surface area contributed by atoms with Gasteiger partial charge in [-0.25, -0.2) is 0 Å². The predicted octanol–water partition coefficient (Wildman–Crippen LogP) is 9.44. The van der Waals surface area contributed by atoms with Gasteiger partial charge in [0, 0.05) is 18.3 Å². The number of ketones is 1. The van der Waals surface area contributed by atoms with E-state index in [0.717, 1.165) is 64.2 Å². The molecule has 1 N–H and O–H groups in total.